The Balaban J connectivity index is 2.00. The summed E-state index contributed by atoms with van der Waals surface area (Å²) in [7, 11) is 0. The lowest BCUT2D eigenvalue weighted by atomic mass is 10.2. The Morgan fingerprint density at radius 1 is 1.00 bits per heavy atom. The van der Waals surface area contributed by atoms with Crippen LogP contribution in [0.3, 0.4) is 0 Å². The van der Waals surface area contributed by atoms with Crippen LogP contribution in [0.5, 0.6) is 0 Å². The van der Waals surface area contributed by atoms with E-state index >= 15 is 0 Å². The first-order chi connectivity index (χ1) is 13.6. The molecule has 3 aromatic rings. The zero-order valence-electron chi connectivity index (χ0n) is 14.2. The summed E-state index contributed by atoms with van der Waals surface area (Å²) in [6.45, 7) is 0. The van der Waals surface area contributed by atoms with Crippen molar-refractivity contribution in [3.8, 4) is 0 Å². The third-order valence-corrected chi connectivity index (χ3v) is 3.99. The van der Waals surface area contributed by atoms with Gasteiger partial charge in [-0.25, -0.2) is 14.4 Å². The molecule has 0 fully saturated rings. The predicted octanol–water partition coefficient (Wildman–Crippen LogP) is 5.68. The lowest BCUT2D eigenvalue weighted by Crippen LogP contribution is -2.08. The molecule has 0 spiro atoms. The number of hydrogen-bond donors (Lipinski definition) is 2. The summed E-state index contributed by atoms with van der Waals surface area (Å²) in [5, 5.41) is 16.6. The highest BCUT2D eigenvalue weighted by Crippen LogP contribution is 2.37. The van der Waals surface area contributed by atoms with Crippen LogP contribution >= 0.6 is 11.6 Å². The van der Waals surface area contributed by atoms with Crippen molar-refractivity contribution in [1.29, 1.82) is 0 Å². The standard InChI is InChI=1S/C17H10ClF4N5O2/c18-12-6-1-9(17(20,21)22)7-13(12)26-16-14(27(28)29)15(23-8-24-16)25-11-4-2-10(19)3-5-11/h1-8H,(H2,23,24,25,26). The number of halogens is 5. The van der Waals surface area contributed by atoms with Crippen molar-refractivity contribution in [2.24, 2.45) is 0 Å². The second-order valence-corrected chi connectivity index (χ2v) is 6.03. The summed E-state index contributed by atoms with van der Waals surface area (Å²) in [4.78, 5) is 18.3. The second kappa shape index (κ2) is 7.87. The number of aromatic nitrogens is 2. The van der Waals surface area contributed by atoms with Crippen molar-refractivity contribution in [2.75, 3.05) is 10.6 Å². The molecule has 3 rings (SSSR count). The molecule has 0 saturated carbocycles. The molecule has 0 bridgehead atoms. The van der Waals surface area contributed by atoms with Gasteiger partial charge < -0.3 is 10.6 Å². The molecule has 0 amide bonds. The van der Waals surface area contributed by atoms with Crippen molar-refractivity contribution in [1.82, 2.24) is 9.97 Å². The van der Waals surface area contributed by atoms with Gasteiger partial charge in [-0.2, -0.15) is 13.2 Å². The zero-order chi connectivity index (χ0) is 21.2. The number of anilines is 4. The highest BCUT2D eigenvalue weighted by molar-refractivity contribution is 6.33. The summed E-state index contributed by atoms with van der Waals surface area (Å²) >= 11 is 5.92. The summed E-state index contributed by atoms with van der Waals surface area (Å²) in [5.74, 6) is -1.13. The highest BCUT2D eigenvalue weighted by Gasteiger charge is 2.31. The smallest absolute Gasteiger partial charge is 0.334 e. The van der Waals surface area contributed by atoms with Gasteiger partial charge in [0.05, 0.1) is 21.2 Å². The van der Waals surface area contributed by atoms with Crippen LogP contribution in [-0.4, -0.2) is 14.9 Å². The topological polar surface area (TPSA) is 93.0 Å². The van der Waals surface area contributed by atoms with E-state index in [2.05, 4.69) is 20.6 Å². The van der Waals surface area contributed by atoms with Gasteiger partial charge in [-0.05, 0) is 42.5 Å². The molecule has 7 nitrogen and oxygen atoms in total. The molecule has 2 aromatic carbocycles. The molecular formula is C17H10ClF4N5O2. The van der Waals surface area contributed by atoms with E-state index in [1.165, 1.54) is 12.1 Å². The van der Waals surface area contributed by atoms with E-state index in [-0.39, 0.29) is 22.3 Å². The Kier molecular flexibility index (Phi) is 5.50. The van der Waals surface area contributed by atoms with Crippen LogP contribution in [-0.2, 0) is 6.18 Å². The van der Waals surface area contributed by atoms with Crippen LogP contribution in [0.2, 0.25) is 5.02 Å². The Labute approximate surface area is 165 Å². The van der Waals surface area contributed by atoms with E-state index in [4.69, 9.17) is 11.6 Å². The fourth-order valence-electron chi connectivity index (χ4n) is 2.33. The Morgan fingerprint density at radius 3 is 2.21 bits per heavy atom. The van der Waals surface area contributed by atoms with Crippen LogP contribution < -0.4 is 10.6 Å². The quantitative estimate of drug-likeness (QED) is 0.309. The third-order valence-electron chi connectivity index (χ3n) is 3.66. The Bertz CT molecular complexity index is 1060. The van der Waals surface area contributed by atoms with Gasteiger partial charge in [-0.1, -0.05) is 11.6 Å². The SMILES string of the molecule is O=[N+]([O-])c1c(Nc2ccc(F)cc2)ncnc1Nc1cc(C(F)(F)F)ccc1Cl. The average Bonchev–Trinajstić information content (AvgIpc) is 2.64. The van der Waals surface area contributed by atoms with E-state index in [0.717, 1.165) is 30.6 Å². The van der Waals surface area contributed by atoms with Gasteiger partial charge in [0.2, 0.25) is 11.6 Å². The van der Waals surface area contributed by atoms with Crippen molar-refractivity contribution < 1.29 is 22.5 Å². The van der Waals surface area contributed by atoms with Gasteiger partial charge in [0.25, 0.3) is 0 Å². The van der Waals surface area contributed by atoms with E-state index in [9.17, 15) is 27.7 Å². The predicted molar refractivity (Wildman–Crippen MR) is 98.1 cm³/mol. The molecule has 0 saturated heterocycles. The minimum Gasteiger partial charge on any atom is -0.334 e. The van der Waals surface area contributed by atoms with Gasteiger partial charge in [0.15, 0.2) is 0 Å². The molecule has 0 aliphatic carbocycles. The van der Waals surface area contributed by atoms with Crippen LogP contribution in [0.1, 0.15) is 5.56 Å². The van der Waals surface area contributed by atoms with Crippen LogP contribution in [0.4, 0.5) is 46.3 Å². The molecule has 150 valence electrons. The van der Waals surface area contributed by atoms with Crippen molar-refractivity contribution >= 4 is 40.3 Å². The molecule has 0 radical (unpaired) electrons. The molecule has 0 aliphatic heterocycles. The fourth-order valence-corrected chi connectivity index (χ4v) is 2.49. The molecule has 12 heteroatoms. The maximum atomic E-state index is 13.0. The number of nitrogens with one attached hydrogen (secondary N) is 2. The van der Waals surface area contributed by atoms with E-state index in [1.54, 1.807) is 0 Å². The molecule has 1 aromatic heterocycles. The molecule has 0 unspecified atom stereocenters. The molecular weight excluding hydrogens is 418 g/mol. The number of benzene rings is 2. The second-order valence-electron chi connectivity index (χ2n) is 5.63. The summed E-state index contributed by atoms with van der Waals surface area (Å²) in [6, 6.07) is 7.44. The van der Waals surface area contributed by atoms with Crippen LogP contribution in [0.25, 0.3) is 0 Å². The molecule has 1 heterocycles. The van der Waals surface area contributed by atoms with Crippen LogP contribution in [0, 0.1) is 15.9 Å². The number of nitrogens with zero attached hydrogens (tertiary/aromatic N) is 3. The highest BCUT2D eigenvalue weighted by atomic mass is 35.5. The number of rotatable bonds is 5. The summed E-state index contributed by atoms with van der Waals surface area (Å²) in [5.41, 5.74) is -1.55. The van der Waals surface area contributed by atoms with E-state index in [1.807, 2.05) is 0 Å². The lowest BCUT2D eigenvalue weighted by molar-refractivity contribution is -0.383. The molecule has 29 heavy (non-hydrogen) atoms. The Hall–Kier alpha value is -3.47. The van der Waals surface area contributed by atoms with Crippen LogP contribution in [0.15, 0.2) is 48.8 Å². The summed E-state index contributed by atoms with van der Waals surface area (Å²) in [6.07, 6.45) is -3.66. The Morgan fingerprint density at radius 2 is 1.62 bits per heavy atom. The first-order valence-electron chi connectivity index (χ1n) is 7.81. The number of nitro groups is 1. The van der Waals surface area contributed by atoms with Crippen molar-refractivity contribution in [3.05, 3.63) is 75.3 Å². The lowest BCUT2D eigenvalue weighted by Gasteiger charge is -2.13. The van der Waals surface area contributed by atoms with Gasteiger partial charge in [-0.3, -0.25) is 10.1 Å². The van der Waals surface area contributed by atoms with E-state index < -0.39 is 28.2 Å². The fraction of sp³-hybridized carbons (Fsp3) is 0.0588. The first-order valence-corrected chi connectivity index (χ1v) is 8.18. The maximum Gasteiger partial charge on any atom is 0.416 e. The minimum atomic E-state index is -4.63. The third kappa shape index (κ3) is 4.69. The number of alkyl halides is 3. The maximum absolute atomic E-state index is 13.0. The summed E-state index contributed by atoms with van der Waals surface area (Å²) < 4.78 is 51.8. The minimum absolute atomic E-state index is 0.0982. The number of hydrogen-bond acceptors (Lipinski definition) is 6. The van der Waals surface area contributed by atoms with Gasteiger partial charge in [0.1, 0.15) is 12.1 Å². The normalized spacial score (nSPS) is 11.2. The average molecular weight is 428 g/mol. The van der Waals surface area contributed by atoms with Gasteiger partial charge in [0, 0.05) is 5.69 Å². The first kappa shape index (κ1) is 20.3. The molecule has 0 aliphatic rings. The zero-order valence-corrected chi connectivity index (χ0v) is 14.9. The van der Waals surface area contributed by atoms with Crippen molar-refractivity contribution in [2.45, 2.75) is 6.18 Å². The van der Waals surface area contributed by atoms with E-state index in [0.29, 0.717) is 11.8 Å². The molecule has 0 atom stereocenters. The van der Waals surface area contributed by atoms with Crippen molar-refractivity contribution in [3.63, 3.8) is 0 Å². The van der Waals surface area contributed by atoms with Gasteiger partial charge >= 0.3 is 11.9 Å². The molecule has 2 N–H and O–H groups in total. The largest absolute Gasteiger partial charge is 0.416 e. The van der Waals surface area contributed by atoms with Gasteiger partial charge in [-0.15, -0.1) is 0 Å². The monoisotopic (exact) mass is 427 g/mol.